The van der Waals surface area contributed by atoms with Gasteiger partial charge < -0.3 is 34.4 Å². The molecule has 0 saturated carbocycles. The van der Waals surface area contributed by atoms with Gasteiger partial charge in [0, 0.05) is 13.0 Å². The first-order valence-electron chi connectivity index (χ1n) is 16.6. The van der Waals surface area contributed by atoms with Crippen LogP contribution >= 0.6 is 7.60 Å². The van der Waals surface area contributed by atoms with Gasteiger partial charge in [-0.15, -0.1) is 5.10 Å². The second-order valence-electron chi connectivity index (χ2n) is 14.7. The molecule has 3 aromatic rings. The number of aliphatic hydroxyl groups is 1. The van der Waals surface area contributed by atoms with E-state index in [0.29, 0.717) is 5.69 Å². The molecule has 0 aliphatic carbocycles. The van der Waals surface area contributed by atoms with E-state index in [2.05, 4.69) is 20.9 Å². The van der Waals surface area contributed by atoms with Gasteiger partial charge >= 0.3 is 13.7 Å². The number of carbonyl (C=O) groups excluding carboxylic acids is 3. The van der Waals surface area contributed by atoms with E-state index in [1.165, 1.54) is 9.58 Å². The van der Waals surface area contributed by atoms with E-state index in [-0.39, 0.29) is 31.1 Å². The molecule has 15 heteroatoms. The number of nitrogens with one attached hydrogen (secondary N) is 2. The van der Waals surface area contributed by atoms with Crippen molar-refractivity contribution >= 4 is 25.5 Å². The maximum atomic E-state index is 14.8. The summed E-state index contributed by atoms with van der Waals surface area (Å²) in [5.41, 5.74) is -1.27. The molecule has 272 valence electrons. The Bertz CT molecular complexity index is 1610. The Morgan fingerprint density at radius 2 is 1.50 bits per heavy atom. The third-order valence-electron chi connectivity index (χ3n) is 7.95. The Morgan fingerprint density at radius 1 is 0.940 bits per heavy atom. The van der Waals surface area contributed by atoms with Gasteiger partial charge in [0.2, 0.25) is 11.8 Å². The van der Waals surface area contributed by atoms with Crippen LogP contribution in [0.5, 0.6) is 11.5 Å². The van der Waals surface area contributed by atoms with Gasteiger partial charge in [-0.2, -0.15) is 0 Å². The van der Waals surface area contributed by atoms with Crippen LogP contribution in [0.1, 0.15) is 73.5 Å². The number of alkyl carbamates (subject to hydrolysis) is 1. The Kier molecular flexibility index (Phi) is 12.0. The lowest BCUT2D eigenvalue weighted by molar-refractivity contribution is -0.142. The van der Waals surface area contributed by atoms with Crippen molar-refractivity contribution in [3.05, 3.63) is 72.6 Å². The maximum Gasteiger partial charge on any atom is 0.453 e. The Labute approximate surface area is 293 Å². The predicted octanol–water partition coefficient (Wildman–Crippen LogP) is 5.30. The van der Waals surface area contributed by atoms with Crippen LogP contribution < -0.4 is 19.7 Å². The highest BCUT2D eigenvalue weighted by atomic mass is 31.2. The molecule has 2 heterocycles. The van der Waals surface area contributed by atoms with Crippen molar-refractivity contribution in [2.45, 2.75) is 97.9 Å². The topological polar surface area (TPSA) is 174 Å². The molecule has 1 aliphatic heterocycles. The molecule has 0 bridgehead atoms. The monoisotopic (exact) mass is 712 g/mol. The molecule has 4 atom stereocenters. The standard InChI is InChI=1S/C35H49N6O8P/c1-23(2)31(50(46,48-26-15-11-9-12-16-26)49-27-17-13-10-14-18-27)37-30(43)28-19-25(41-20-24(22-42)38-39-41)21-40(28)32(44)29(34(3,4)5)36-33(45)47-35(6,7)8/h9-18,20,23,25,28-29,31,42H,19,21-22H2,1-8H3,(H,36,45)(H,37,43)/t25-,28-,29+,31?/m0/s1. The van der Waals surface area contributed by atoms with Gasteiger partial charge in [-0.25, -0.2) is 14.0 Å². The average Bonchev–Trinajstić information content (AvgIpc) is 3.69. The molecule has 14 nitrogen and oxygen atoms in total. The molecule has 2 aromatic carbocycles. The van der Waals surface area contributed by atoms with Gasteiger partial charge in [-0.05, 0) is 56.4 Å². The van der Waals surface area contributed by atoms with Crippen molar-refractivity contribution < 1.29 is 37.8 Å². The number of ether oxygens (including phenoxy) is 1. The van der Waals surface area contributed by atoms with Gasteiger partial charge in [-0.1, -0.05) is 76.2 Å². The summed E-state index contributed by atoms with van der Waals surface area (Å²) in [6, 6.07) is 14.4. The number of para-hydroxylation sites is 2. The minimum absolute atomic E-state index is 0.0404. The van der Waals surface area contributed by atoms with Crippen LogP contribution in [-0.4, -0.2) is 72.9 Å². The first-order valence-corrected chi connectivity index (χ1v) is 18.2. The lowest BCUT2D eigenvalue weighted by Gasteiger charge is -2.36. The van der Waals surface area contributed by atoms with Crippen LogP contribution in [0.3, 0.4) is 0 Å². The lowest BCUT2D eigenvalue weighted by Crippen LogP contribution is -2.59. The fourth-order valence-electron chi connectivity index (χ4n) is 5.54. The molecule has 3 amide bonds. The van der Waals surface area contributed by atoms with Crippen molar-refractivity contribution in [2.24, 2.45) is 11.3 Å². The third-order valence-corrected chi connectivity index (χ3v) is 10.3. The number of nitrogens with zero attached hydrogens (tertiary/aromatic N) is 4. The zero-order valence-corrected chi connectivity index (χ0v) is 30.8. The summed E-state index contributed by atoms with van der Waals surface area (Å²) in [6.45, 7) is 13.8. The fourth-order valence-corrected chi connectivity index (χ4v) is 7.65. The summed E-state index contributed by atoms with van der Waals surface area (Å²) in [4.78, 5) is 43.2. The molecule has 50 heavy (non-hydrogen) atoms. The number of likely N-dealkylation sites (tertiary alicyclic amines) is 1. The van der Waals surface area contributed by atoms with Crippen LogP contribution in [0, 0.1) is 11.3 Å². The average molecular weight is 713 g/mol. The summed E-state index contributed by atoms with van der Waals surface area (Å²) in [5.74, 6) is -2.12. The normalized spacial score (nSPS) is 17.9. The van der Waals surface area contributed by atoms with Gasteiger partial charge in [0.15, 0.2) is 5.78 Å². The van der Waals surface area contributed by atoms with Crippen molar-refractivity contribution in [3.63, 3.8) is 0 Å². The van der Waals surface area contributed by atoms with Crippen molar-refractivity contribution in [1.82, 2.24) is 30.5 Å². The molecule has 1 unspecified atom stereocenters. The zero-order chi connectivity index (χ0) is 36.9. The molecule has 1 aliphatic rings. The third kappa shape index (κ3) is 9.85. The van der Waals surface area contributed by atoms with Crippen LogP contribution in [-0.2, 0) is 25.5 Å². The van der Waals surface area contributed by atoms with E-state index in [0.717, 1.165) is 0 Å². The number of benzene rings is 2. The largest absolute Gasteiger partial charge is 0.453 e. The van der Waals surface area contributed by atoms with Crippen molar-refractivity contribution in [2.75, 3.05) is 6.54 Å². The van der Waals surface area contributed by atoms with E-state index in [9.17, 15) is 24.1 Å². The molecule has 3 N–H and O–H groups in total. The number of aromatic nitrogens is 3. The van der Waals surface area contributed by atoms with Gasteiger partial charge in [-0.3, -0.25) is 9.59 Å². The van der Waals surface area contributed by atoms with E-state index >= 15 is 0 Å². The molecular weight excluding hydrogens is 663 g/mol. The zero-order valence-electron chi connectivity index (χ0n) is 29.9. The highest BCUT2D eigenvalue weighted by Gasteiger charge is 2.49. The van der Waals surface area contributed by atoms with Gasteiger partial charge in [0.1, 0.15) is 34.9 Å². The molecule has 0 spiro atoms. The second-order valence-corrected chi connectivity index (χ2v) is 16.7. The maximum absolute atomic E-state index is 14.8. The fraction of sp³-hybridized carbons (Fsp3) is 0.514. The van der Waals surface area contributed by atoms with E-state index in [4.69, 9.17) is 13.8 Å². The molecule has 1 saturated heterocycles. The van der Waals surface area contributed by atoms with Crippen LogP contribution in [0.2, 0.25) is 0 Å². The minimum Gasteiger partial charge on any atom is -0.444 e. The highest BCUT2D eigenvalue weighted by Crippen LogP contribution is 2.54. The number of rotatable bonds is 12. The minimum atomic E-state index is -4.19. The number of amides is 3. The van der Waals surface area contributed by atoms with Crippen molar-refractivity contribution in [3.8, 4) is 11.5 Å². The summed E-state index contributed by atoms with van der Waals surface area (Å²) in [6.07, 6.45) is 0.896. The lowest BCUT2D eigenvalue weighted by atomic mass is 9.85. The summed E-state index contributed by atoms with van der Waals surface area (Å²) < 4.78 is 33.9. The number of hydrogen-bond donors (Lipinski definition) is 3. The first kappa shape index (κ1) is 38.4. The van der Waals surface area contributed by atoms with E-state index in [1.54, 1.807) is 122 Å². The summed E-state index contributed by atoms with van der Waals surface area (Å²) in [5, 5.41) is 23.3. The molecule has 0 radical (unpaired) electrons. The Morgan fingerprint density at radius 3 is 1.96 bits per heavy atom. The van der Waals surface area contributed by atoms with Gasteiger partial charge in [0.25, 0.3) is 0 Å². The number of carbonyl (C=O) groups is 3. The van der Waals surface area contributed by atoms with Crippen LogP contribution in [0.25, 0.3) is 0 Å². The molecular formula is C35H49N6O8P. The quantitative estimate of drug-likeness (QED) is 0.209. The Balaban J connectivity index is 1.70. The summed E-state index contributed by atoms with van der Waals surface area (Å²) in [7, 11) is -4.19. The van der Waals surface area contributed by atoms with E-state index in [1.807, 2.05) is 0 Å². The van der Waals surface area contributed by atoms with Gasteiger partial charge in [0.05, 0.1) is 18.8 Å². The number of hydrogen-bond acceptors (Lipinski definition) is 10. The predicted molar refractivity (Wildman–Crippen MR) is 186 cm³/mol. The SMILES string of the molecule is CC(C)C(NC(=O)[C@@H]1C[C@H](n2cc(CO)nn2)CN1C(=O)[C@@H](NC(=O)OC(C)(C)C)C(C)(C)C)P(=O)(Oc1ccccc1)Oc1ccccc1. The van der Waals surface area contributed by atoms with E-state index < -0.39 is 66.3 Å². The van der Waals surface area contributed by atoms with Crippen LogP contribution in [0.4, 0.5) is 4.79 Å². The molecule has 1 fully saturated rings. The summed E-state index contributed by atoms with van der Waals surface area (Å²) >= 11 is 0. The molecule has 1 aromatic heterocycles. The second kappa shape index (κ2) is 15.6. The van der Waals surface area contributed by atoms with Crippen molar-refractivity contribution in [1.29, 1.82) is 0 Å². The van der Waals surface area contributed by atoms with Crippen LogP contribution in [0.15, 0.2) is 66.9 Å². The highest BCUT2D eigenvalue weighted by molar-refractivity contribution is 7.55. The number of aliphatic hydroxyl groups excluding tert-OH is 1. The molecule has 4 rings (SSSR count). The first-order chi connectivity index (χ1) is 23.4. The Hall–Kier alpha value is -4.42. The smallest absolute Gasteiger partial charge is 0.444 e.